The second-order valence-electron chi connectivity index (χ2n) is 5.25. The summed E-state index contributed by atoms with van der Waals surface area (Å²) in [4.78, 5) is 0. The van der Waals surface area contributed by atoms with Crippen molar-refractivity contribution in [3.63, 3.8) is 0 Å². The molecule has 3 rings (SSSR count). The Bertz CT molecular complexity index is 590. The molecule has 0 bridgehead atoms. The van der Waals surface area contributed by atoms with Crippen molar-refractivity contribution in [2.24, 2.45) is 0 Å². The Morgan fingerprint density at radius 2 is 2.20 bits per heavy atom. The molecule has 1 aromatic heterocycles. The van der Waals surface area contributed by atoms with Crippen molar-refractivity contribution in [3.8, 4) is 5.75 Å². The van der Waals surface area contributed by atoms with Crippen LogP contribution in [0.25, 0.3) is 0 Å². The van der Waals surface area contributed by atoms with Gasteiger partial charge >= 0.3 is 0 Å². The lowest BCUT2D eigenvalue weighted by Crippen LogP contribution is -2.16. The minimum absolute atomic E-state index is 0.400. The normalized spacial score (nSPS) is 14.5. The topological polar surface area (TPSA) is 34.4 Å². The molecule has 0 atom stereocenters. The number of nitrogens with one attached hydrogen (secondary N) is 1. The molecular formula is C16H18ClNO2. The van der Waals surface area contributed by atoms with Crippen LogP contribution >= 0.6 is 11.6 Å². The van der Waals surface area contributed by atoms with Gasteiger partial charge in [-0.05, 0) is 43.5 Å². The Kier molecular flexibility index (Phi) is 3.99. The van der Waals surface area contributed by atoms with Gasteiger partial charge in [0.15, 0.2) is 0 Å². The van der Waals surface area contributed by atoms with Gasteiger partial charge in [0.1, 0.15) is 18.1 Å². The molecule has 0 aliphatic heterocycles. The van der Waals surface area contributed by atoms with Gasteiger partial charge < -0.3 is 14.5 Å². The number of hydrogen-bond donors (Lipinski definition) is 1. The molecule has 0 spiro atoms. The summed E-state index contributed by atoms with van der Waals surface area (Å²) in [5, 5.41) is 4.11. The highest BCUT2D eigenvalue weighted by Gasteiger charge is 2.21. The SMILES string of the molecule is Cc1ccc(OCc2occc2CNC2CC2)c(Cl)c1. The van der Waals surface area contributed by atoms with Gasteiger partial charge in [-0.15, -0.1) is 0 Å². The Labute approximate surface area is 123 Å². The zero-order chi connectivity index (χ0) is 13.9. The predicted molar refractivity (Wildman–Crippen MR) is 79.1 cm³/mol. The van der Waals surface area contributed by atoms with Crippen molar-refractivity contribution in [1.82, 2.24) is 5.32 Å². The standard InChI is InChI=1S/C16H18ClNO2/c1-11-2-5-15(14(17)8-11)20-10-16-12(6-7-19-16)9-18-13-3-4-13/h2,5-8,13,18H,3-4,9-10H2,1H3. The second-order valence-corrected chi connectivity index (χ2v) is 5.65. The molecule has 0 radical (unpaired) electrons. The summed E-state index contributed by atoms with van der Waals surface area (Å²) in [5.74, 6) is 1.55. The van der Waals surface area contributed by atoms with Gasteiger partial charge in [-0.3, -0.25) is 0 Å². The Hall–Kier alpha value is -1.45. The summed E-state index contributed by atoms with van der Waals surface area (Å²) in [7, 11) is 0. The van der Waals surface area contributed by atoms with Gasteiger partial charge in [0.25, 0.3) is 0 Å². The van der Waals surface area contributed by atoms with E-state index in [1.807, 2.05) is 31.2 Å². The van der Waals surface area contributed by atoms with E-state index in [1.165, 1.54) is 12.8 Å². The fraction of sp³-hybridized carbons (Fsp3) is 0.375. The van der Waals surface area contributed by atoms with Gasteiger partial charge in [0.05, 0.1) is 11.3 Å². The number of furan rings is 1. The molecule has 1 fully saturated rings. The summed E-state index contributed by atoms with van der Waals surface area (Å²) < 4.78 is 11.2. The quantitative estimate of drug-likeness (QED) is 0.871. The van der Waals surface area contributed by atoms with E-state index in [2.05, 4.69) is 5.32 Å². The predicted octanol–water partition coefficient (Wildman–Crippen LogP) is 4.07. The van der Waals surface area contributed by atoms with Gasteiger partial charge in [-0.1, -0.05) is 17.7 Å². The lowest BCUT2D eigenvalue weighted by Gasteiger charge is -2.09. The summed E-state index contributed by atoms with van der Waals surface area (Å²) in [6, 6.07) is 8.45. The van der Waals surface area contributed by atoms with E-state index in [1.54, 1.807) is 6.26 Å². The summed E-state index contributed by atoms with van der Waals surface area (Å²) in [6.45, 7) is 3.24. The zero-order valence-corrected chi connectivity index (χ0v) is 12.2. The monoisotopic (exact) mass is 291 g/mol. The number of benzene rings is 1. The van der Waals surface area contributed by atoms with E-state index in [-0.39, 0.29) is 0 Å². The molecule has 106 valence electrons. The minimum Gasteiger partial charge on any atom is -0.484 e. The number of halogens is 1. The molecule has 3 nitrogen and oxygen atoms in total. The minimum atomic E-state index is 0.400. The van der Waals surface area contributed by atoms with E-state index in [9.17, 15) is 0 Å². The van der Waals surface area contributed by atoms with Gasteiger partial charge in [-0.2, -0.15) is 0 Å². The average Bonchev–Trinajstić information content (AvgIpc) is 3.14. The van der Waals surface area contributed by atoms with Crippen LogP contribution in [-0.2, 0) is 13.2 Å². The van der Waals surface area contributed by atoms with Gasteiger partial charge in [0.2, 0.25) is 0 Å². The van der Waals surface area contributed by atoms with Crippen LogP contribution in [0.4, 0.5) is 0 Å². The first-order valence-corrected chi connectivity index (χ1v) is 7.28. The Morgan fingerprint density at radius 3 is 2.95 bits per heavy atom. The molecule has 1 aliphatic carbocycles. The smallest absolute Gasteiger partial charge is 0.146 e. The van der Waals surface area contributed by atoms with E-state index < -0.39 is 0 Å². The molecule has 1 aliphatic rings. The first-order chi connectivity index (χ1) is 9.72. The molecule has 1 saturated carbocycles. The molecular weight excluding hydrogens is 274 g/mol. The summed E-state index contributed by atoms with van der Waals surface area (Å²) in [6.07, 6.45) is 4.27. The number of ether oxygens (including phenoxy) is 1. The third-order valence-electron chi connectivity index (χ3n) is 3.44. The van der Waals surface area contributed by atoms with Crippen LogP contribution in [0.1, 0.15) is 29.7 Å². The van der Waals surface area contributed by atoms with Crippen molar-refractivity contribution >= 4 is 11.6 Å². The van der Waals surface area contributed by atoms with Crippen LogP contribution in [0.3, 0.4) is 0 Å². The molecule has 0 unspecified atom stereocenters. The van der Waals surface area contributed by atoms with Crippen molar-refractivity contribution in [2.45, 2.75) is 39.0 Å². The number of rotatable bonds is 6. The van der Waals surface area contributed by atoms with Gasteiger partial charge in [-0.25, -0.2) is 0 Å². The van der Waals surface area contributed by atoms with Crippen LogP contribution < -0.4 is 10.1 Å². The fourth-order valence-electron chi connectivity index (χ4n) is 2.06. The lowest BCUT2D eigenvalue weighted by molar-refractivity contribution is 0.268. The van der Waals surface area contributed by atoms with Crippen molar-refractivity contribution in [1.29, 1.82) is 0 Å². The van der Waals surface area contributed by atoms with E-state index >= 15 is 0 Å². The largest absolute Gasteiger partial charge is 0.484 e. The lowest BCUT2D eigenvalue weighted by atomic mass is 10.2. The van der Waals surface area contributed by atoms with Crippen LogP contribution in [0.15, 0.2) is 34.9 Å². The third kappa shape index (κ3) is 3.35. The molecule has 2 aromatic rings. The summed E-state index contributed by atoms with van der Waals surface area (Å²) >= 11 is 6.15. The Morgan fingerprint density at radius 1 is 1.35 bits per heavy atom. The molecule has 20 heavy (non-hydrogen) atoms. The van der Waals surface area contributed by atoms with Crippen LogP contribution in [0.2, 0.25) is 5.02 Å². The van der Waals surface area contributed by atoms with Crippen molar-refractivity contribution in [2.75, 3.05) is 0 Å². The van der Waals surface area contributed by atoms with Crippen molar-refractivity contribution in [3.05, 3.63) is 52.4 Å². The zero-order valence-electron chi connectivity index (χ0n) is 11.5. The molecule has 1 aromatic carbocycles. The maximum absolute atomic E-state index is 6.15. The highest BCUT2D eigenvalue weighted by atomic mass is 35.5. The summed E-state index contributed by atoms with van der Waals surface area (Å²) in [5.41, 5.74) is 2.27. The fourth-order valence-corrected chi connectivity index (χ4v) is 2.35. The molecule has 1 heterocycles. The maximum atomic E-state index is 6.15. The van der Waals surface area contributed by atoms with E-state index in [0.29, 0.717) is 23.4 Å². The van der Waals surface area contributed by atoms with E-state index in [0.717, 1.165) is 23.4 Å². The molecule has 1 N–H and O–H groups in total. The van der Waals surface area contributed by atoms with E-state index in [4.69, 9.17) is 20.8 Å². The second kappa shape index (κ2) is 5.90. The number of aryl methyl sites for hydroxylation is 1. The molecule has 4 heteroatoms. The van der Waals surface area contributed by atoms with Gasteiger partial charge in [0, 0.05) is 18.2 Å². The molecule has 0 amide bonds. The first kappa shape index (κ1) is 13.5. The third-order valence-corrected chi connectivity index (χ3v) is 3.74. The van der Waals surface area contributed by atoms with Crippen LogP contribution in [-0.4, -0.2) is 6.04 Å². The highest BCUT2D eigenvalue weighted by molar-refractivity contribution is 6.32. The molecule has 0 saturated heterocycles. The first-order valence-electron chi connectivity index (χ1n) is 6.90. The average molecular weight is 292 g/mol. The highest BCUT2D eigenvalue weighted by Crippen LogP contribution is 2.26. The van der Waals surface area contributed by atoms with Crippen LogP contribution in [0.5, 0.6) is 5.75 Å². The maximum Gasteiger partial charge on any atom is 0.146 e. The van der Waals surface area contributed by atoms with Crippen molar-refractivity contribution < 1.29 is 9.15 Å². The van der Waals surface area contributed by atoms with Crippen LogP contribution in [0, 0.1) is 6.92 Å². The Balaban J connectivity index is 1.61. The number of hydrogen-bond acceptors (Lipinski definition) is 3.